The summed E-state index contributed by atoms with van der Waals surface area (Å²) in [5, 5.41) is 3.32. The van der Waals surface area contributed by atoms with Crippen LogP contribution in [0.3, 0.4) is 0 Å². The van der Waals surface area contributed by atoms with Crippen LogP contribution in [-0.4, -0.2) is 26.0 Å². The van der Waals surface area contributed by atoms with Crippen molar-refractivity contribution in [2.24, 2.45) is 0 Å². The monoisotopic (exact) mass is 253 g/mol. The minimum Gasteiger partial charge on any atom is -0.309 e. The first kappa shape index (κ1) is 12.6. The molecule has 17 heavy (non-hydrogen) atoms. The first-order valence-electron chi connectivity index (χ1n) is 5.96. The highest BCUT2D eigenvalue weighted by Crippen LogP contribution is 2.13. The fourth-order valence-electron chi connectivity index (χ4n) is 2.13. The standard InChI is InChI=1S/C13H19NO2S/c1-10-3-4-12(7-11(10)2)8-14-13-5-6-17(15,16)9-13/h3-4,7,13-14H,5-6,8-9H2,1-2H3. The first-order valence-corrected chi connectivity index (χ1v) is 7.78. The molecule has 0 radical (unpaired) electrons. The van der Waals surface area contributed by atoms with E-state index in [1.807, 2.05) is 0 Å². The predicted molar refractivity (Wildman–Crippen MR) is 69.8 cm³/mol. The molecular weight excluding hydrogens is 234 g/mol. The molecule has 2 rings (SSSR count). The van der Waals surface area contributed by atoms with Crippen LogP contribution >= 0.6 is 0 Å². The van der Waals surface area contributed by atoms with Crippen LogP contribution in [0.5, 0.6) is 0 Å². The SMILES string of the molecule is Cc1ccc(CNC2CCS(=O)(=O)C2)cc1C. The molecule has 1 aliphatic rings. The molecule has 3 nitrogen and oxygen atoms in total. The quantitative estimate of drug-likeness (QED) is 0.889. The summed E-state index contributed by atoms with van der Waals surface area (Å²) in [5.74, 6) is 0.620. The third kappa shape index (κ3) is 3.30. The van der Waals surface area contributed by atoms with Crippen LogP contribution in [0.1, 0.15) is 23.1 Å². The maximum atomic E-state index is 11.3. The van der Waals surface area contributed by atoms with Crippen molar-refractivity contribution < 1.29 is 8.42 Å². The van der Waals surface area contributed by atoms with Crippen LogP contribution < -0.4 is 5.32 Å². The molecule has 1 fully saturated rings. The molecule has 1 aliphatic heterocycles. The third-order valence-corrected chi connectivity index (χ3v) is 5.17. The highest BCUT2D eigenvalue weighted by atomic mass is 32.2. The summed E-state index contributed by atoms with van der Waals surface area (Å²) >= 11 is 0. The maximum absolute atomic E-state index is 11.3. The molecule has 0 saturated carbocycles. The first-order chi connectivity index (χ1) is 7.96. The van der Waals surface area contributed by atoms with Gasteiger partial charge >= 0.3 is 0 Å². The van der Waals surface area contributed by atoms with Crippen LogP contribution in [0.4, 0.5) is 0 Å². The van der Waals surface area contributed by atoms with E-state index in [2.05, 4.69) is 37.4 Å². The predicted octanol–water partition coefficient (Wildman–Crippen LogP) is 1.58. The fourth-order valence-corrected chi connectivity index (χ4v) is 3.84. The van der Waals surface area contributed by atoms with Gasteiger partial charge in [0.25, 0.3) is 0 Å². The number of aryl methyl sites for hydroxylation is 2. The lowest BCUT2D eigenvalue weighted by atomic mass is 10.1. The van der Waals surface area contributed by atoms with Gasteiger partial charge in [-0.2, -0.15) is 0 Å². The molecule has 0 bridgehead atoms. The Labute approximate surface area is 103 Å². The van der Waals surface area contributed by atoms with Crippen molar-refractivity contribution in [1.29, 1.82) is 0 Å². The van der Waals surface area contributed by atoms with E-state index in [4.69, 9.17) is 0 Å². The topological polar surface area (TPSA) is 46.2 Å². The Morgan fingerprint density at radius 2 is 2.06 bits per heavy atom. The Hall–Kier alpha value is -0.870. The normalized spacial score (nSPS) is 22.8. The summed E-state index contributed by atoms with van der Waals surface area (Å²) in [6.07, 6.45) is 0.743. The lowest BCUT2D eigenvalue weighted by molar-refractivity contribution is 0.554. The second-order valence-electron chi connectivity index (χ2n) is 4.90. The van der Waals surface area contributed by atoms with Gasteiger partial charge in [0.05, 0.1) is 11.5 Å². The summed E-state index contributed by atoms with van der Waals surface area (Å²) in [7, 11) is -2.78. The summed E-state index contributed by atoms with van der Waals surface area (Å²) in [6.45, 7) is 4.94. The van der Waals surface area contributed by atoms with Crippen LogP contribution in [0, 0.1) is 13.8 Å². The van der Waals surface area contributed by atoms with E-state index >= 15 is 0 Å². The second-order valence-corrected chi connectivity index (χ2v) is 7.13. The molecule has 94 valence electrons. The van der Waals surface area contributed by atoms with E-state index in [-0.39, 0.29) is 11.8 Å². The van der Waals surface area contributed by atoms with Crippen LogP contribution in [-0.2, 0) is 16.4 Å². The largest absolute Gasteiger partial charge is 0.309 e. The van der Waals surface area contributed by atoms with E-state index in [1.165, 1.54) is 16.7 Å². The second kappa shape index (κ2) is 4.78. The van der Waals surface area contributed by atoms with Gasteiger partial charge in [-0.1, -0.05) is 18.2 Å². The Morgan fingerprint density at radius 1 is 1.29 bits per heavy atom. The van der Waals surface area contributed by atoms with Crippen molar-refractivity contribution in [3.05, 3.63) is 34.9 Å². The lowest BCUT2D eigenvalue weighted by Gasteiger charge is -2.11. The van der Waals surface area contributed by atoms with E-state index in [9.17, 15) is 8.42 Å². The highest BCUT2D eigenvalue weighted by Gasteiger charge is 2.27. The van der Waals surface area contributed by atoms with Gasteiger partial charge in [-0.3, -0.25) is 0 Å². The number of nitrogens with one attached hydrogen (secondary N) is 1. The molecule has 0 aliphatic carbocycles. The van der Waals surface area contributed by atoms with Gasteiger partial charge in [0, 0.05) is 12.6 Å². The van der Waals surface area contributed by atoms with Gasteiger partial charge in [0.1, 0.15) is 0 Å². The van der Waals surface area contributed by atoms with Crippen LogP contribution in [0.25, 0.3) is 0 Å². The number of benzene rings is 1. The van der Waals surface area contributed by atoms with Gasteiger partial charge in [-0.05, 0) is 37.0 Å². The fraction of sp³-hybridized carbons (Fsp3) is 0.538. The molecule has 0 amide bonds. The molecule has 1 atom stereocenters. The molecule has 1 heterocycles. The van der Waals surface area contributed by atoms with Gasteiger partial charge in [-0.15, -0.1) is 0 Å². The highest BCUT2D eigenvalue weighted by molar-refractivity contribution is 7.91. The lowest BCUT2D eigenvalue weighted by Crippen LogP contribution is -2.29. The zero-order valence-corrected chi connectivity index (χ0v) is 11.2. The van der Waals surface area contributed by atoms with Gasteiger partial charge in [-0.25, -0.2) is 8.42 Å². The molecule has 4 heteroatoms. The van der Waals surface area contributed by atoms with Crippen molar-refractivity contribution in [1.82, 2.24) is 5.32 Å². The average Bonchev–Trinajstić information content (AvgIpc) is 2.60. The molecule has 0 spiro atoms. The molecule has 1 N–H and O–H groups in total. The number of hydrogen-bond acceptors (Lipinski definition) is 3. The minimum atomic E-state index is -2.78. The Balaban J connectivity index is 1.92. The number of sulfone groups is 1. The smallest absolute Gasteiger partial charge is 0.151 e. The van der Waals surface area contributed by atoms with Crippen molar-refractivity contribution in [3.63, 3.8) is 0 Å². The third-order valence-electron chi connectivity index (χ3n) is 3.40. The number of rotatable bonds is 3. The van der Waals surface area contributed by atoms with E-state index in [0.717, 1.165) is 13.0 Å². The average molecular weight is 253 g/mol. The van der Waals surface area contributed by atoms with Crippen molar-refractivity contribution >= 4 is 9.84 Å². The van der Waals surface area contributed by atoms with Crippen molar-refractivity contribution in [2.75, 3.05) is 11.5 Å². The minimum absolute atomic E-state index is 0.126. The molecule has 1 saturated heterocycles. The Bertz CT molecular complexity index is 508. The number of hydrogen-bond donors (Lipinski definition) is 1. The Kier molecular flexibility index (Phi) is 3.54. The van der Waals surface area contributed by atoms with Crippen LogP contribution in [0.2, 0.25) is 0 Å². The van der Waals surface area contributed by atoms with E-state index in [0.29, 0.717) is 5.75 Å². The summed E-state index contributed by atoms with van der Waals surface area (Å²) in [4.78, 5) is 0. The van der Waals surface area contributed by atoms with E-state index in [1.54, 1.807) is 0 Å². The molecule has 0 aromatic heterocycles. The molecule has 1 aromatic carbocycles. The summed E-state index contributed by atoms with van der Waals surface area (Å²) in [6, 6.07) is 6.49. The molecule has 1 unspecified atom stereocenters. The molecule has 1 aromatic rings. The maximum Gasteiger partial charge on any atom is 0.151 e. The zero-order valence-electron chi connectivity index (χ0n) is 10.4. The Morgan fingerprint density at radius 3 is 2.65 bits per heavy atom. The van der Waals surface area contributed by atoms with Gasteiger partial charge in [0.2, 0.25) is 0 Å². The van der Waals surface area contributed by atoms with Gasteiger partial charge < -0.3 is 5.32 Å². The van der Waals surface area contributed by atoms with Crippen molar-refractivity contribution in [3.8, 4) is 0 Å². The summed E-state index contributed by atoms with van der Waals surface area (Å²) < 4.78 is 22.6. The summed E-state index contributed by atoms with van der Waals surface area (Å²) in [5.41, 5.74) is 3.79. The van der Waals surface area contributed by atoms with Gasteiger partial charge in [0.15, 0.2) is 9.84 Å². The van der Waals surface area contributed by atoms with Crippen molar-refractivity contribution in [2.45, 2.75) is 32.9 Å². The zero-order chi connectivity index (χ0) is 12.5. The van der Waals surface area contributed by atoms with E-state index < -0.39 is 9.84 Å². The van der Waals surface area contributed by atoms with Crippen LogP contribution in [0.15, 0.2) is 18.2 Å². The molecular formula is C13H19NO2S.